The molecule has 0 aliphatic rings. The third-order valence-electron chi connectivity index (χ3n) is 3.12. The second-order valence-corrected chi connectivity index (χ2v) is 5.32. The molecule has 2 aromatic carbocycles. The molecule has 2 amide bonds. The summed E-state index contributed by atoms with van der Waals surface area (Å²) in [5, 5.41) is 4.86. The van der Waals surface area contributed by atoms with Crippen molar-refractivity contribution >= 4 is 35.1 Å². The average Bonchev–Trinajstić information content (AvgIpc) is 2.59. The van der Waals surface area contributed by atoms with Gasteiger partial charge in [-0.3, -0.25) is 9.59 Å². The van der Waals surface area contributed by atoms with Crippen LogP contribution in [0.4, 0.5) is 10.1 Å². The van der Waals surface area contributed by atoms with Crippen LogP contribution in [0.3, 0.4) is 0 Å². The predicted molar refractivity (Wildman–Crippen MR) is 90.2 cm³/mol. The van der Waals surface area contributed by atoms with Crippen LogP contribution >= 0.6 is 11.6 Å². The summed E-state index contributed by atoms with van der Waals surface area (Å²) in [5.41, 5.74) is 0.704. The Morgan fingerprint density at radius 2 is 1.92 bits per heavy atom. The highest BCUT2D eigenvalue weighted by molar-refractivity contribution is 6.33. The number of rotatable bonds is 5. The third-order valence-corrected chi connectivity index (χ3v) is 3.43. The van der Waals surface area contributed by atoms with E-state index < -0.39 is 24.3 Å². The van der Waals surface area contributed by atoms with Crippen molar-refractivity contribution in [1.29, 1.82) is 0 Å². The molecule has 0 aliphatic heterocycles. The maximum Gasteiger partial charge on any atom is 0.340 e. The highest BCUT2D eigenvalue weighted by Crippen LogP contribution is 2.18. The third kappa shape index (κ3) is 5.02. The molecular weight excluding hydrogens is 351 g/mol. The second-order valence-electron chi connectivity index (χ2n) is 4.91. The van der Waals surface area contributed by atoms with E-state index in [1.54, 1.807) is 18.2 Å². The molecule has 0 unspecified atom stereocenters. The van der Waals surface area contributed by atoms with Crippen LogP contribution in [0.2, 0.25) is 5.02 Å². The number of esters is 1. The highest BCUT2D eigenvalue weighted by atomic mass is 35.5. The molecule has 0 atom stereocenters. The van der Waals surface area contributed by atoms with Gasteiger partial charge >= 0.3 is 5.97 Å². The number of nitrogens with one attached hydrogen (secondary N) is 2. The quantitative estimate of drug-likeness (QED) is 0.799. The van der Waals surface area contributed by atoms with E-state index in [2.05, 4.69) is 10.6 Å². The van der Waals surface area contributed by atoms with Gasteiger partial charge in [0.05, 0.1) is 10.6 Å². The first-order valence-corrected chi connectivity index (χ1v) is 7.52. The highest BCUT2D eigenvalue weighted by Gasteiger charge is 2.14. The van der Waals surface area contributed by atoms with E-state index in [0.29, 0.717) is 11.3 Å². The number of amides is 2. The Labute approximate surface area is 147 Å². The minimum Gasteiger partial charge on any atom is -0.452 e. The monoisotopic (exact) mass is 364 g/mol. The summed E-state index contributed by atoms with van der Waals surface area (Å²) in [6.07, 6.45) is 0. The molecule has 0 bridgehead atoms. The topological polar surface area (TPSA) is 84.5 Å². The van der Waals surface area contributed by atoms with E-state index in [-0.39, 0.29) is 16.5 Å². The van der Waals surface area contributed by atoms with E-state index in [9.17, 15) is 18.8 Å². The number of ether oxygens (including phenoxy) is 1. The number of halogens is 2. The molecule has 2 aromatic rings. The van der Waals surface area contributed by atoms with Gasteiger partial charge in [0, 0.05) is 18.3 Å². The lowest BCUT2D eigenvalue weighted by Gasteiger charge is -2.08. The molecule has 130 valence electrons. The Kier molecular flexibility index (Phi) is 6.08. The van der Waals surface area contributed by atoms with Crippen molar-refractivity contribution in [2.45, 2.75) is 0 Å². The van der Waals surface area contributed by atoms with Crippen LogP contribution in [0.15, 0.2) is 42.5 Å². The van der Waals surface area contributed by atoms with E-state index in [1.165, 1.54) is 19.2 Å². The number of benzene rings is 2. The standard InChI is InChI=1S/C17H14ClFN2O4/c1-20-16(23)10-3-2-4-12(7-10)21-15(22)9-25-17(24)13-6-5-11(19)8-14(13)18/h2-8H,9H2,1H3,(H,20,23)(H,21,22). The predicted octanol–water partition coefficient (Wildman–Crippen LogP) is 2.63. The van der Waals surface area contributed by atoms with Crippen molar-refractivity contribution in [3.8, 4) is 0 Å². The van der Waals surface area contributed by atoms with Crippen LogP contribution in [0, 0.1) is 5.82 Å². The van der Waals surface area contributed by atoms with Crippen molar-refractivity contribution in [2.75, 3.05) is 19.0 Å². The summed E-state index contributed by atoms with van der Waals surface area (Å²) in [7, 11) is 1.49. The molecule has 0 spiro atoms. The van der Waals surface area contributed by atoms with Gasteiger partial charge in [0.1, 0.15) is 5.82 Å². The Morgan fingerprint density at radius 3 is 2.60 bits per heavy atom. The number of hydrogen-bond acceptors (Lipinski definition) is 4. The fourth-order valence-electron chi connectivity index (χ4n) is 1.94. The molecule has 0 radical (unpaired) electrons. The average molecular weight is 365 g/mol. The van der Waals surface area contributed by atoms with Gasteiger partial charge in [-0.2, -0.15) is 0 Å². The van der Waals surface area contributed by atoms with Gasteiger partial charge in [0.2, 0.25) is 0 Å². The first kappa shape index (κ1) is 18.4. The van der Waals surface area contributed by atoms with Crippen molar-refractivity contribution in [3.63, 3.8) is 0 Å². The van der Waals surface area contributed by atoms with Crippen molar-refractivity contribution in [2.24, 2.45) is 0 Å². The number of carbonyl (C=O) groups excluding carboxylic acids is 3. The smallest absolute Gasteiger partial charge is 0.340 e. The molecule has 0 aromatic heterocycles. The second kappa shape index (κ2) is 8.25. The van der Waals surface area contributed by atoms with Gasteiger partial charge in [0.15, 0.2) is 6.61 Å². The SMILES string of the molecule is CNC(=O)c1cccc(NC(=O)COC(=O)c2ccc(F)cc2Cl)c1. The molecule has 0 fully saturated rings. The Hall–Kier alpha value is -2.93. The van der Waals surface area contributed by atoms with Crippen molar-refractivity contribution in [1.82, 2.24) is 5.32 Å². The zero-order valence-corrected chi connectivity index (χ0v) is 13.9. The summed E-state index contributed by atoms with van der Waals surface area (Å²) in [6.45, 7) is -0.559. The summed E-state index contributed by atoms with van der Waals surface area (Å²) in [4.78, 5) is 35.3. The molecule has 0 saturated carbocycles. The van der Waals surface area contributed by atoms with Crippen LogP contribution < -0.4 is 10.6 Å². The molecule has 6 nitrogen and oxygen atoms in total. The van der Waals surface area contributed by atoms with E-state index >= 15 is 0 Å². The normalized spacial score (nSPS) is 10.0. The molecule has 0 aliphatic carbocycles. The number of carbonyl (C=O) groups is 3. The molecule has 2 N–H and O–H groups in total. The minimum atomic E-state index is -0.848. The fraction of sp³-hybridized carbons (Fsp3) is 0.118. The van der Waals surface area contributed by atoms with E-state index in [1.807, 2.05) is 0 Å². The Morgan fingerprint density at radius 1 is 1.16 bits per heavy atom. The zero-order valence-electron chi connectivity index (χ0n) is 13.1. The zero-order chi connectivity index (χ0) is 18.4. The number of anilines is 1. The van der Waals surface area contributed by atoms with Gasteiger partial charge in [-0.15, -0.1) is 0 Å². The van der Waals surface area contributed by atoms with Gasteiger partial charge < -0.3 is 15.4 Å². The lowest BCUT2D eigenvalue weighted by molar-refractivity contribution is -0.119. The summed E-state index contributed by atoms with van der Waals surface area (Å²) >= 11 is 5.75. The van der Waals surface area contributed by atoms with Gasteiger partial charge in [-0.25, -0.2) is 9.18 Å². The van der Waals surface area contributed by atoms with Crippen LogP contribution in [-0.4, -0.2) is 31.4 Å². The van der Waals surface area contributed by atoms with Crippen molar-refractivity contribution < 1.29 is 23.5 Å². The molecule has 8 heteroatoms. The summed E-state index contributed by atoms with van der Waals surface area (Å²) < 4.78 is 17.8. The van der Waals surface area contributed by atoms with Gasteiger partial charge in [-0.05, 0) is 36.4 Å². The molecule has 0 saturated heterocycles. The Bertz CT molecular complexity index is 826. The minimum absolute atomic E-state index is 0.0440. The first-order valence-electron chi connectivity index (χ1n) is 7.15. The van der Waals surface area contributed by atoms with Crippen LogP contribution in [-0.2, 0) is 9.53 Å². The lowest BCUT2D eigenvalue weighted by Crippen LogP contribution is -2.22. The molecule has 2 rings (SSSR count). The molecule has 0 heterocycles. The number of hydrogen-bond donors (Lipinski definition) is 2. The molecule has 25 heavy (non-hydrogen) atoms. The fourth-order valence-corrected chi connectivity index (χ4v) is 2.19. The summed E-state index contributed by atoms with van der Waals surface area (Å²) in [5.74, 6) is -2.33. The maximum absolute atomic E-state index is 13.0. The van der Waals surface area contributed by atoms with Gasteiger partial charge in [0.25, 0.3) is 11.8 Å². The van der Waals surface area contributed by atoms with Crippen molar-refractivity contribution in [3.05, 3.63) is 64.4 Å². The molecular formula is C17H14ClFN2O4. The maximum atomic E-state index is 13.0. The van der Waals surface area contributed by atoms with Crippen LogP contribution in [0.1, 0.15) is 20.7 Å². The first-order chi connectivity index (χ1) is 11.9. The Balaban J connectivity index is 1.94. The largest absolute Gasteiger partial charge is 0.452 e. The van der Waals surface area contributed by atoms with Crippen LogP contribution in [0.5, 0.6) is 0 Å². The van der Waals surface area contributed by atoms with Gasteiger partial charge in [-0.1, -0.05) is 17.7 Å². The lowest BCUT2D eigenvalue weighted by atomic mass is 10.2. The van der Waals surface area contributed by atoms with E-state index in [0.717, 1.165) is 12.1 Å². The van der Waals surface area contributed by atoms with Crippen LogP contribution in [0.25, 0.3) is 0 Å². The van der Waals surface area contributed by atoms with E-state index in [4.69, 9.17) is 16.3 Å². The summed E-state index contributed by atoms with van der Waals surface area (Å²) in [6, 6.07) is 9.47.